The highest BCUT2D eigenvalue weighted by Gasteiger charge is 2.24. The lowest BCUT2D eigenvalue weighted by molar-refractivity contribution is -0.123. The Hall–Kier alpha value is -1.35. The SMILES string of the molecule is CCC(O)(CC)CNC(=O)C(C)c1ccccc1. The minimum atomic E-state index is -0.786. The molecule has 0 radical (unpaired) electrons. The van der Waals surface area contributed by atoms with Crippen molar-refractivity contribution in [3.05, 3.63) is 35.9 Å². The lowest BCUT2D eigenvalue weighted by Gasteiger charge is -2.26. The molecule has 3 nitrogen and oxygen atoms in total. The molecule has 0 fully saturated rings. The Balaban J connectivity index is 2.56. The molecular weight excluding hydrogens is 226 g/mol. The van der Waals surface area contributed by atoms with Gasteiger partial charge >= 0.3 is 0 Å². The van der Waals surface area contributed by atoms with E-state index in [0.29, 0.717) is 19.4 Å². The zero-order chi connectivity index (χ0) is 13.6. The van der Waals surface area contributed by atoms with E-state index in [4.69, 9.17) is 0 Å². The Morgan fingerprint density at radius 2 is 1.83 bits per heavy atom. The highest BCUT2D eigenvalue weighted by Crippen LogP contribution is 2.16. The molecule has 1 unspecified atom stereocenters. The molecule has 1 aromatic carbocycles. The number of hydrogen-bond donors (Lipinski definition) is 2. The number of hydrogen-bond acceptors (Lipinski definition) is 2. The summed E-state index contributed by atoms with van der Waals surface area (Å²) in [6.07, 6.45) is 1.28. The summed E-state index contributed by atoms with van der Waals surface area (Å²) in [6, 6.07) is 9.66. The van der Waals surface area contributed by atoms with Gasteiger partial charge in [0.25, 0.3) is 0 Å². The van der Waals surface area contributed by atoms with E-state index < -0.39 is 5.60 Å². The third-order valence-corrected chi connectivity index (χ3v) is 3.60. The molecule has 0 saturated carbocycles. The first-order valence-corrected chi connectivity index (χ1v) is 6.57. The van der Waals surface area contributed by atoms with E-state index in [0.717, 1.165) is 5.56 Å². The maximum Gasteiger partial charge on any atom is 0.227 e. The van der Waals surface area contributed by atoms with Gasteiger partial charge in [-0.25, -0.2) is 0 Å². The second-order valence-corrected chi connectivity index (χ2v) is 4.78. The van der Waals surface area contributed by atoms with Crippen LogP contribution in [0, 0.1) is 0 Å². The maximum atomic E-state index is 12.0. The minimum Gasteiger partial charge on any atom is -0.388 e. The van der Waals surface area contributed by atoms with Crippen LogP contribution in [0.2, 0.25) is 0 Å². The fourth-order valence-corrected chi connectivity index (χ4v) is 1.80. The van der Waals surface area contributed by atoms with Crippen LogP contribution in [0.15, 0.2) is 30.3 Å². The zero-order valence-corrected chi connectivity index (χ0v) is 11.4. The minimum absolute atomic E-state index is 0.0403. The predicted molar refractivity (Wildman–Crippen MR) is 73.4 cm³/mol. The Bertz CT molecular complexity index is 371. The van der Waals surface area contributed by atoms with Crippen molar-refractivity contribution in [2.45, 2.75) is 45.1 Å². The van der Waals surface area contributed by atoms with Crippen molar-refractivity contribution in [3.63, 3.8) is 0 Å². The Kier molecular flexibility index (Phi) is 5.35. The monoisotopic (exact) mass is 249 g/mol. The number of aliphatic hydroxyl groups is 1. The van der Waals surface area contributed by atoms with Crippen LogP contribution in [-0.2, 0) is 4.79 Å². The molecule has 0 aromatic heterocycles. The maximum absolute atomic E-state index is 12.0. The number of benzene rings is 1. The smallest absolute Gasteiger partial charge is 0.227 e. The molecule has 0 aliphatic carbocycles. The van der Waals surface area contributed by atoms with Crippen molar-refractivity contribution < 1.29 is 9.90 Å². The third kappa shape index (κ3) is 3.84. The molecule has 0 saturated heterocycles. The molecule has 100 valence electrons. The zero-order valence-electron chi connectivity index (χ0n) is 11.4. The van der Waals surface area contributed by atoms with E-state index in [1.165, 1.54) is 0 Å². The average molecular weight is 249 g/mol. The van der Waals surface area contributed by atoms with Gasteiger partial charge in [0.15, 0.2) is 0 Å². The van der Waals surface area contributed by atoms with E-state index >= 15 is 0 Å². The molecule has 1 atom stereocenters. The van der Waals surface area contributed by atoms with Crippen LogP contribution in [0.5, 0.6) is 0 Å². The van der Waals surface area contributed by atoms with Crippen molar-refractivity contribution in [2.75, 3.05) is 6.54 Å². The lowest BCUT2D eigenvalue weighted by atomic mass is 9.96. The van der Waals surface area contributed by atoms with E-state index in [2.05, 4.69) is 5.32 Å². The third-order valence-electron chi connectivity index (χ3n) is 3.60. The highest BCUT2D eigenvalue weighted by molar-refractivity contribution is 5.83. The highest BCUT2D eigenvalue weighted by atomic mass is 16.3. The van der Waals surface area contributed by atoms with Gasteiger partial charge in [0.1, 0.15) is 0 Å². The summed E-state index contributed by atoms with van der Waals surface area (Å²) < 4.78 is 0. The molecule has 0 aliphatic rings. The molecule has 18 heavy (non-hydrogen) atoms. The number of amides is 1. The Morgan fingerprint density at radius 1 is 1.28 bits per heavy atom. The standard InChI is InChI=1S/C15H23NO2/c1-4-15(18,5-2)11-16-14(17)12(3)13-9-7-6-8-10-13/h6-10,12,18H,4-5,11H2,1-3H3,(H,16,17). The van der Waals surface area contributed by atoms with E-state index in [9.17, 15) is 9.90 Å². The van der Waals surface area contributed by atoms with Crippen molar-refractivity contribution in [3.8, 4) is 0 Å². The summed E-state index contributed by atoms with van der Waals surface area (Å²) in [6.45, 7) is 6.05. The summed E-state index contributed by atoms with van der Waals surface area (Å²) in [4.78, 5) is 12.0. The predicted octanol–water partition coefficient (Wildman–Crippen LogP) is 2.46. The van der Waals surface area contributed by atoms with Crippen LogP contribution in [0.1, 0.15) is 45.1 Å². The first kappa shape index (κ1) is 14.7. The summed E-state index contributed by atoms with van der Waals surface area (Å²) in [5.41, 5.74) is 0.207. The number of rotatable bonds is 6. The summed E-state index contributed by atoms with van der Waals surface area (Å²) >= 11 is 0. The van der Waals surface area contributed by atoms with Gasteiger partial charge in [-0.05, 0) is 25.3 Å². The number of carbonyl (C=O) groups excluding carboxylic acids is 1. The molecule has 0 bridgehead atoms. The van der Waals surface area contributed by atoms with Gasteiger partial charge in [-0.3, -0.25) is 4.79 Å². The number of nitrogens with one attached hydrogen (secondary N) is 1. The fraction of sp³-hybridized carbons (Fsp3) is 0.533. The van der Waals surface area contributed by atoms with Crippen molar-refractivity contribution in [1.29, 1.82) is 0 Å². The van der Waals surface area contributed by atoms with Gasteiger partial charge in [0, 0.05) is 6.54 Å². The van der Waals surface area contributed by atoms with Gasteiger partial charge in [0.2, 0.25) is 5.91 Å². The van der Waals surface area contributed by atoms with Crippen LogP contribution < -0.4 is 5.32 Å². The van der Waals surface area contributed by atoms with Gasteiger partial charge in [-0.15, -0.1) is 0 Å². The average Bonchev–Trinajstić information content (AvgIpc) is 2.44. The van der Waals surface area contributed by atoms with Gasteiger partial charge in [-0.2, -0.15) is 0 Å². The first-order chi connectivity index (χ1) is 8.52. The molecule has 0 spiro atoms. The first-order valence-electron chi connectivity index (χ1n) is 6.57. The van der Waals surface area contributed by atoms with E-state index in [-0.39, 0.29) is 11.8 Å². The normalized spacial score (nSPS) is 13.1. The molecular formula is C15H23NO2. The van der Waals surface area contributed by atoms with Crippen molar-refractivity contribution in [2.24, 2.45) is 0 Å². The second kappa shape index (κ2) is 6.55. The van der Waals surface area contributed by atoms with Crippen molar-refractivity contribution in [1.82, 2.24) is 5.32 Å². The Labute approximate surface area is 109 Å². The quantitative estimate of drug-likeness (QED) is 0.813. The van der Waals surface area contributed by atoms with Crippen LogP contribution >= 0.6 is 0 Å². The van der Waals surface area contributed by atoms with Crippen molar-refractivity contribution >= 4 is 5.91 Å². The molecule has 0 heterocycles. The van der Waals surface area contributed by atoms with Crippen LogP contribution in [0.25, 0.3) is 0 Å². The van der Waals surface area contributed by atoms with E-state index in [1.54, 1.807) is 0 Å². The van der Waals surface area contributed by atoms with Gasteiger partial charge in [-0.1, -0.05) is 44.2 Å². The molecule has 1 rings (SSSR count). The fourth-order valence-electron chi connectivity index (χ4n) is 1.80. The molecule has 1 aromatic rings. The van der Waals surface area contributed by atoms with Crippen LogP contribution in [0.4, 0.5) is 0 Å². The summed E-state index contributed by atoms with van der Waals surface area (Å²) in [7, 11) is 0. The van der Waals surface area contributed by atoms with Crippen LogP contribution in [-0.4, -0.2) is 23.2 Å². The van der Waals surface area contributed by atoms with Gasteiger partial charge < -0.3 is 10.4 Å². The largest absolute Gasteiger partial charge is 0.388 e. The van der Waals surface area contributed by atoms with E-state index in [1.807, 2.05) is 51.1 Å². The van der Waals surface area contributed by atoms with Crippen LogP contribution in [0.3, 0.4) is 0 Å². The molecule has 3 heteroatoms. The second-order valence-electron chi connectivity index (χ2n) is 4.78. The van der Waals surface area contributed by atoms with Gasteiger partial charge in [0.05, 0.1) is 11.5 Å². The number of carbonyl (C=O) groups is 1. The summed E-state index contributed by atoms with van der Waals surface area (Å²) in [5.74, 6) is -0.231. The summed E-state index contributed by atoms with van der Waals surface area (Å²) in [5, 5.41) is 12.9. The lowest BCUT2D eigenvalue weighted by Crippen LogP contribution is -2.43. The molecule has 0 aliphatic heterocycles. The molecule has 2 N–H and O–H groups in total. The molecule has 1 amide bonds. The topological polar surface area (TPSA) is 49.3 Å². The Morgan fingerprint density at radius 3 is 2.33 bits per heavy atom.